The van der Waals surface area contributed by atoms with Crippen molar-refractivity contribution in [3.63, 3.8) is 0 Å². The van der Waals surface area contributed by atoms with Gasteiger partial charge in [-0.2, -0.15) is 0 Å². The minimum absolute atomic E-state index is 0.0543. The molecule has 0 bridgehead atoms. The van der Waals surface area contributed by atoms with Crippen LogP contribution in [0.4, 0.5) is 5.82 Å². The lowest BCUT2D eigenvalue weighted by molar-refractivity contribution is 0.189. The number of hydrogen-bond donors (Lipinski definition) is 3. The van der Waals surface area contributed by atoms with E-state index in [1.807, 2.05) is 0 Å². The van der Waals surface area contributed by atoms with Gasteiger partial charge >= 0.3 is 0 Å². The second-order valence-corrected chi connectivity index (χ2v) is 3.92. The average Bonchev–Trinajstić information content (AvgIpc) is 2.28. The lowest BCUT2D eigenvalue weighted by atomic mass is 10.0. The first kappa shape index (κ1) is 13.2. The number of hydrazine groups is 1. The molecule has 0 aliphatic heterocycles. The Bertz CT molecular complexity index is 335. The van der Waals surface area contributed by atoms with E-state index in [9.17, 15) is 0 Å². The maximum atomic E-state index is 5.87. The molecule has 1 aromatic heterocycles. The molecular weight excluding hydrogens is 228 g/mol. The van der Waals surface area contributed by atoms with Crippen LogP contribution in [0.2, 0.25) is 5.02 Å². The standard InChI is InChI=1S/C10H17ClN4O/c1-16-4-2-3-9(15-13)8-5-7(11)6-14-10(8)12/h5-6,9,15H,2-4,13H2,1H3,(H2,12,14). The number of anilines is 1. The largest absolute Gasteiger partial charge is 0.385 e. The van der Waals surface area contributed by atoms with Crippen molar-refractivity contribution < 1.29 is 4.74 Å². The van der Waals surface area contributed by atoms with E-state index >= 15 is 0 Å². The van der Waals surface area contributed by atoms with Crippen LogP contribution in [0.1, 0.15) is 24.4 Å². The number of aromatic nitrogens is 1. The summed E-state index contributed by atoms with van der Waals surface area (Å²) in [6, 6.07) is 1.72. The van der Waals surface area contributed by atoms with Crippen LogP contribution in [0.3, 0.4) is 0 Å². The zero-order chi connectivity index (χ0) is 12.0. The molecule has 0 aliphatic carbocycles. The van der Waals surface area contributed by atoms with Gasteiger partial charge in [-0.3, -0.25) is 11.3 Å². The molecule has 0 aromatic carbocycles. The van der Waals surface area contributed by atoms with Crippen molar-refractivity contribution in [1.29, 1.82) is 0 Å². The van der Waals surface area contributed by atoms with Gasteiger partial charge in [-0.15, -0.1) is 0 Å². The van der Waals surface area contributed by atoms with Crippen LogP contribution in [0.5, 0.6) is 0 Å². The van der Waals surface area contributed by atoms with E-state index in [4.69, 9.17) is 27.9 Å². The van der Waals surface area contributed by atoms with E-state index in [2.05, 4.69) is 10.4 Å². The highest BCUT2D eigenvalue weighted by Gasteiger charge is 2.13. The number of nitrogens with two attached hydrogens (primary N) is 2. The monoisotopic (exact) mass is 244 g/mol. The lowest BCUT2D eigenvalue weighted by Gasteiger charge is -2.17. The highest BCUT2D eigenvalue weighted by atomic mass is 35.5. The van der Waals surface area contributed by atoms with Crippen molar-refractivity contribution >= 4 is 17.4 Å². The van der Waals surface area contributed by atoms with Crippen molar-refractivity contribution in [2.75, 3.05) is 19.5 Å². The van der Waals surface area contributed by atoms with Crippen molar-refractivity contribution in [2.24, 2.45) is 5.84 Å². The molecule has 0 fully saturated rings. The molecule has 5 N–H and O–H groups in total. The van der Waals surface area contributed by atoms with Gasteiger partial charge < -0.3 is 10.5 Å². The predicted molar refractivity (Wildman–Crippen MR) is 64.8 cm³/mol. The van der Waals surface area contributed by atoms with Gasteiger partial charge in [0, 0.05) is 31.5 Å². The quantitative estimate of drug-likeness (QED) is 0.398. The molecule has 0 spiro atoms. The van der Waals surface area contributed by atoms with Gasteiger partial charge in [0.25, 0.3) is 0 Å². The molecule has 0 aliphatic rings. The summed E-state index contributed by atoms with van der Waals surface area (Å²) in [5, 5.41) is 0.552. The molecule has 1 aromatic rings. The minimum atomic E-state index is -0.0543. The second kappa shape index (κ2) is 6.65. The van der Waals surface area contributed by atoms with Crippen molar-refractivity contribution in [3.8, 4) is 0 Å². The number of nitrogens with zero attached hydrogens (tertiary/aromatic N) is 1. The Morgan fingerprint density at radius 2 is 2.38 bits per heavy atom. The maximum Gasteiger partial charge on any atom is 0.128 e. The Morgan fingerprint density at radius 3 is 3.00 bits per heavy atom. The van der Waals surface area contributed by atoms with Crippen LogP contribution < -0.4 is 17.0 Å². The number of nitrogens with one attached hydrogen (secondary N) is 1. The van der Waals surface area contributed by atoms with Gasteiger partial charge in [-0.05, 0) is 18.9 Å². The Hall–Kier alpha value is -0.880. The number of halogens is 1. The van der Waals surface area contributed by atoms with E-state index in [0.29, 0.717) is 17.4 Å². The van der Waals surface area contributed by atoms with E-state index < -0.39 is 0 Å². The topological polar surface area (TPSA) is 86.2 Å². The fourth-order valence-electron chi connectivity index (χ4n) is 1.51. The maximum absolute atomic E-state index is 5.87. The Balaban J connectivity index is 2.73. The summed E-state index contributed by atoms with van der Waals surface area (Å²) in [6.45, 7) is 0.687. The molecule has 0 saturated heterocycles. The number of rotatable bonds is 6. The van der Waals surface area contributed by atoms with Gasteiger partial charge in [-0.1, -0.05) is 11.6 Å². The molecule has 1 heterocycles. The summed E-state index contributed by atoms with van der Waals surface area (Å²) in [5.74, 6) is 5.94. The Morgan fingerprint density at radius 1 is 1.62 bits per heavy atom. The third-order valence-corrected chi connectivity index (χ3v) is 2.54. The molecule has 90 valence electrons. The molecule has 1 atom stereocenters. The molecule has 5 nitrogen and oxygen atoms in total. The molecule has 0 amide bonds. The van der Waals surface area contributed by atoms with E-state index in [1.54, 1.807) is 13.2 Å². The van der Waals surface area contributed by atoms with Crippen LogP contribution in [-0.2, 0) is 4.74 Å². The first-order chi connectivity index (χ1) is 7.69. The van der Waals surface area contributed by atoms with Gasteiger partial charge in [-0.25, -0.2) is 4.98 Å². The lowest BCUT2D eigenvalue weighted by Crippen LogP contribution is -2.29. The van der Waals surface area contributed by atoms with E-state index in [0.717, 1.165) is 18.4 Å². The van der Waals surface area contributed by atoms with E-state index in [-0.39, 0.29) is 6.04 Å². The molecule has 0 saturated carbocycles. The molecule has 6 heteroatoms. The molecule has 16 heavy (non-hydrogen) atoms. The predicted octanol–water partition coefficient (Wildman–Crippen LogP) is 1.25. The zero-order valence-corrected chi connectivity index (χ0v) is 10.00. The van der Waals surface area contributed by atoms with Crippen molar-refractivity contribution in [2.45, 2.75) is 18.9 Å². The Labute approximate surface area is 100 Å². The summed E-state index contributed by atoms with van der Waals surface area (Å²) < 4.78 is 4.99. The number of pyridine rings is 1. The van der Waals surface area contributed by atoms with Gasteiger partial charge in [0.15, 0.2) is 0 Å². The fraction of sp³-hybridized carbons (Fsp3) is 0.500. The SMILES string of the molecule is COCCCC(NN)c1cc(Cl)cnc1N. The van der Waals surface area contributed by atoms with Crippen LogP contribution >= 0.6 is 11.6 Å². The minimum Gasteiger partial charge on any atom is -0.385 e. The molecule has 1 rings (SSSR count). The molecule has 0 radical (unpaired) electrons. The number of hydrogen-bond acceptors (Lipinski definition) is 5. The fourth-order valence-corrected chi connectivity index (χ4v) is 1.67. The number of methoxy groups -OCH3 is 1. The molecular formula is C10H17ClN4O. The van der Waals surface area contributed by atoms with Crippen LogP contribution in [-0.4, -0.2) is 18.7 Å². The highest BCUT2D eigenvalue weighted by Crippen LogP contribution is 2.24. The summed E-state index contributed by atoms with van der Waals surface area (Å²) >= 11 is 5.87. The first-order valence-electron chi connectivity index (χ1n) is 5.05. The van der Waals surface area contributed by atoms with Crippen LogP contribution in [0.15, 0.2) is 12.3 Å². The first-order valence-corrected chi connectivity index (χ1v) is 5.42. The average molecular weight is 245 g/mol. The van der Waals surface area contributed by atoms with Gasteiger partial charge in [0.05, 0.1) is 5.02 Å². The summed E-state index contributed by atoms with van der Waals surface area (Å²) in [4.78, 5) is 3.99. The van der Waals surface area contributed by atoms with Crippen LogP contribution in [0, 0.1) is 0 Å². The normalized spacial score (nSPS) is 12.7. The third-order valence-electron chi connectivity index (χ3n) is 2.33. The molecule has 1 unspecified atom stereocenters. The van der Waals surface area contributed by atoms with Crippen LogP contribution in [0.25, 0.3) is 0 Å². The van der Waals surface area contributed by atoms with Crippen molar-refractivity contribution in [3.05, 3.63) is 22.8 Å². The third kappa shape index (κ3) is 3.61. The highest BCUT2D eigenvalue weighted by molar-refractivity contribution is 6.30. The number of nitrogen functional groups attached to an aromatic ring is 1. The van der Waals surface area contributed by atoms with E-state index in [1.165, 1.54) is 6.20 Å². The van der Waals surface area contributed by atoms with Crippen molar-refractivity contribution in [1.82, 2.24) is 10.4 Å². The summed E-state index contributed by atoms with van der Waals surface area (Å²) in [6.07, 6.45) is 3.22. The smallest absolute Gasteiger partial charge is 0.128 e. The second-order valence-electron chi connectivity index (χ2n) is 3.48. The number of ether oxygens (including phenoxy) is 1. The summed E-state index contributed by atoms with van der Waals surface area (Å²) in [7, 11) is 1.67. The zero-order valence-electron chi connectivity index (χ0n) is 9.24. The van der Waals surface area contributed by atoms with Gasteiger partial charge in [0.1, 0.15) is 5.82 Å². The Kier molecular flexibility index (Phi) is 5.48. The summed E-state index contributed by atoms with van der Waals surface area (Å²) in [5.41, 5.74) is 9.31. The van der Waals surface area contributed by atoms with Gasteiger partial charge in [0.2, 0.25) is 0 Å².